The highest BCUT2D eigenvalue weighted by atomic mass is 32.1. The van der Waals surface area contributed by atoms with Gasteiger partial charge in [0.25, 0.3) is 0 Å². The van der Waals surface area contributed by atoms with Crippen LogP contribution in [0.5, 0.6) is 0 Å². The maximum atomic E-state index is 13.3. The Bertz CT molecular complexity index is 569. The maximum absolute atomic E-state index is 13.3. The van der Waals surface area contributed by atoms with Gasteiger partial charge in [-0.2, -0.15) is 0 Å². The van der Waals surface area contributed by atoms with Crippen molar-refractivity contribution in [3.05, 3.63) is 57.0 Å². The molecule has 2 aromatic rings. The van der Waals surface area contributed by atoms with E-state index in [1.54, 1.807) is 22.6 Å². The highest BCUT2D eigenvalue weighted by Gasteiger charge is 2.15. The van der Waals surface area contributed by atoms with E-state index in [-0.39, 0.29) is 11.9 Å². The van der Waals surface area contributed by atoms with Gasteiger partial charge in [0.2, 0.25) is 0 Å². The van der Waals surface area contributed by atoms with Gasteiger partial charge >= 0.3 is 0 Å². The molecular formula is C17H20FNS. The second-order valence-corrected chi connectivity index (χ2v) is 6.63. The standard InChI is InChI=1S/C17H20FNS/c1-2-16(12-5-3-7-14(18)9-12)19-11-15-10-13-6-4-8-17(13)20-15/h3,5,7,9-10,16,19H,2,4,6,8,11H2,1H3. The Labute approximate surface area is 123 Å². The van der Waals surface area contributed by atoms with Crippen LogP contribution in [0.1, 0.15) is 46.7 Å². The summed E-state index contributed by atoms with van der Waals surface area (Å²) in [6, 6.07) is 9.49. The third-order valence-corrected chi connectivity index (χ3v) is 5.22. The first-order chi connectivity index (χ1) is 9.76. The van der Waals surface area contributed by atoms with E-state index in [1.807, 2.05) is 17.4 Å². The van der Waals surface area contributed by atoms with Crippen molar-refractivity contribution in [3.63, 3.8) is 0 Å². The average Bonchev–Trinajstić information content (AvgIpc) is 3.00. The Hall–Kier alpha value is -1.19. The summed E-state index contributed by atoms with van der Waals surface area (Å²) in [6.45, 7) is 3.02. The predicted molar refractivity (Wildman–Crippen MR) is 82.6 cm³/mol. The fourth-order valence-corrected chi connectivity index (χ4v) is 4.13. The highest BCUT2D eigenvalue weighted by Crippen LogP contribution is 2.31. The van der Waals surface area contributed by atoms with Crippen LogP contribution in [0.25, 0.3) is 0 Å². The van der Waals surface area contributed by atoms with E-state index in [0.717, 1.165) is 18.5 Å². The lowest BCUT2D eigenvalue weighted by Crippen LogP contribution is -2.19. The number of hydrogen-bond donors (Lipinski definition) is 1. The van der Waals surface area contributed by atoms with Gasteiger partial charge in [0.1, 0.15) is 5.82 Å². The molecule has 0 aliphatic heterocycles. The quantitative estimate of drug-likeness (QED) is 0.847. The zero-order chi connectivity index (χ0) is 13.9. The molecule has 1 aliphatic rings. The molecule has 0 saturated heterocycles. The van der Waals surface area contributed by atoms with Gasteiger partial charge in [-0.3, -0.25) is 0 Å². The lowest BCUT2D eigenvalue weighted by molar-refractivity contribution is 0.517. The van der Waals surface area contributed by atoms with Gasteiger partial charge in [-0.05, 0) is 55.0 Å². The van der Waals surface area contributed by atoms with Crippen LogP contribution >= 0.6 is 11.3 Å². The fourth-order valence-electron chi connectivity index (χ4n) is 2.92. The molecule has 0 spiro atoms. The molecular weight excluding hydrogens is 269 g/mol. The first-order valence-electron chi connectivity index (χ1n) is 7.35. The van der Waals surface area contributed by atoms with Crippen LogP contribution in [-0.2, 0) is 19.4 Å². The van der Waals surface area contributed by atoms with E-state index in [4.69, 9.17) is 0 Å². The second kappa shape index (κ2) is 6.06. The minimum Gasteiger partial charge on any atom is -0.305 e. The smallest absolute Gasteiger partial charge is 0.123 e. The van der Waals surface area contributed by atoms with Gasteiger partial charge in [0, 0.05) is 22.3 Å². The summed E-state index contributed by atoms with van der Waals surface area (Å²) >= 11 is 1.94. The Morgan fingerprint density at radius 2 is 2.20 bits per heavy atom. The van der Waals surface area contributed by atoms with Crippen LogP contribution in [0.3, 0.4) is 0 Å². The third kappa shape index (κ3) is 2.94. The Balaban J connectivity index is 1.66. The molecule has 1 aromatic heterocycles. The fraction of sp³-hybridized carbons (Fsp3) is 0.412. The zero-order valence-electron chi connectivity index (χ0n) is 11.8. The number of nitrogens with one attached hydrogen (secondary N) is 1. The van der Waals surface area contributed by atoms with Crippen molar-refractivity contribution in [1.82, 2.24) is 5.32 Å². The molecule has 20 heavy (non-hydrogen) atoms. The molecule has 0 fully saturated rings. The molecule has 3 rings (SSSR count). The molecule has 1 atom stereocenters. The summed E-state index contributed by atoms with van der Waals surface area (Å²) in [6.07, 6.45) is 4.78. The van der Waals surface area contributed by atoms with Gasteiger partial charge in [0.15, 0.2) is 0 Å². The van der Waals surface area contributed by atoms with Crippen molar-refractivity contribution in [1.29, 1.82) is 0 Å². The van der Waals surface area contributed by atoms with Crippen molar-refractivity contribution < 1.29 is 4.39 Å². The summed E-state index contributed by atoms with van der Waals surface area (Å²) in [7, 11) is 0. The van der Waals surface area contributed by atoms with E-state index < -0.39 is 0 Å². The molecule has 1 unspecified atom stereocenters. The van der Waals surface area contributed by atoms with Crippen molar-refractivity contribution in [2.75, 3.05) is 0 Å². The molecule has 106 valence electrons. The van der Waals surface area contributed by atoms with Crippen molar-refractivity contribution in [2.45, 2.75) is 45.2 Å². The number of benzene rings is 1. The molecule has 1 nitrogen and oxygen atoms in total. The normalized spacial score (nSPS) is 15.3. The van der Waals surface area contributed by atoms with Gasteiger partial charge in [-0.15, -0.1) is 11.3 Å². The Morgan fingerprint density at radius 1 is 1.30 bits per heavy atom. The van der Waals surface area contributed by atoms with Crippen molar-refractivity contribution in [3.8, 4) is 0 Å². The molecule has 0 bridgehead atoms. The summed E-state index contributed by atoms with van der Waals surface area (Å²) in [4.78, 5) is 2.98. The minimum atomic E-state index is -0.155. The van der Waals surface area contributed by atoms with E-state index in [0.29, 0.717) is 0 Å². The van der Waals surface area contributed by atoms with E-state index >= 15 is 0 Å². The van der Waals surface area contributed by atoms with Crippen LogP contribution in [-0.4, -0.2) is 0 Å². The first-order valence-corrected chi connectivity index (χ1v) is 8.17. The molecule has 0 radical (unpaired) electrons. The molecule has 3 heteroatoms. The molecule has 1 N–H and O–H groups in total. The summed E-state index contributed by atoms with van der Waals surface area (Å²) in [5, 5.41) is 3.56. The number of aryl methyl sites for hydroxylation is 2. The number of hydrogen-bond acceptors (Lipinski definition) is 2. The summed E-state index contributed by atoms with van der Waals surface area (Å²) < 4.78 is 13.3. The van der Waals surface area contributed by atoms with Gasteiger partial charge in [-0.25, -0.2) is 4.39 Å². The molecule has 1 heterocycles. The minimum absolute atomic E-state index is 0.155. The first kappa shape index (κ1) is 13.8. The summed E-state index contributed by atoms with van der Waals surface area (Å²) in [5.74, 6) is -0.155. The number of thiophene rings is 1. The second-order valence-electron chi connectivity index (χ2n) is 5.41. The highest BCUT2D eigenvalue weighted by molar-refractivity contribution is 7.12. The SMILES string of the molecule is CCC(NCc1cc2c(s1)CCC2)c1cccc(F)c1. The van der Waals surface area contributed by atoms with Crippen molar-refractivity contribution in [2.24, 2.45) is 0 Å². The van der Waals surface area contributed by atoms with E-state index in [1.165, 1.54) is 30.2 Å². The average molecular weight is 289 g/mol. The molecule has 1 aromatic carbocycles. The summed E-state index contributed by atoms with van der Waals surface area (Å²) in [5.41, 5.74) is 2.59. The van der Waals surface area contributed by atoms with Crippen LogP contribution < -0.4 is 5.32 Å². The molecule has 1 aliphatic carbocycles. The predicted octanol–water partition coefficient (Wildman–Crippen LogP) is 4.62. The van der Waals surface area contributed by atoms with Gasteiger partial charge in [0.05, 0.1) is 0 Å². The van der Waals surface area contributed by atoms with Crippen LogP contribution in [0.15, 0.2) is 30.3 Å². The lowest BCUT2D eigenvalue weighted by Gasteiger charge is -2.17. The van der Waals surface area contributed by atoms with Crippen LogP contribution in [0.2, 0.25) is 0 Å². The van der Waals surface area contributed by atoms with E-state index in [2.05, 4.69) is 18.3 Å². The largest absolute Gasteiger partial charge is 0.305 e. The van der Waals surface area contributed by atoms with Crippen molar-refractivity contribution >= 4 is 11.3 Å². The number of fused-ring (bicyclic) bond motifs is 1. The Kier molecular flexibility index (Phi) is 4.18. The molecule has 0 amide bonds. The van der Waals surface area contributed by atoms with Crippen LogP contribution in [0, 0.1) is 5.82 Å². The Morgan fingerprint density at radius 3 is 2.95 bits per heavy atom. The van der Waals surface area contributed by atoms with Gasteiger partial charge in [-0.1, -0.05) is 19.1 Å². The monoisotopic (exact) mass is 289 g/mol. The zero-order valence-corrected chi connectivity index (χ0v) is 12.6. The van der Waals surface area contributed by atoms with Crippen LogP contribution in [0.4, 0.5) is 4.39 Å². The lowest BCUT2D eigenvalue weighted by atomic mass is 10.0. The maximum Gasteiger partial charge on any atom is 0.123 e. The number of halogens is 1. The number of rotatable bonds is 5. The third-order valence-electron chi connectivity index (χ3n) is 3.98. The van der Waals surface area contributed by atoms with Gasteiger partial charge < -0.3 is 5.32 Å². The van der Waals surface area contributed by atoms with E-state index in [9.17, 15) is 4.39 Å². The topological polar surface area (TPSA) is 12.0 Å². The molecule has 0 saturated carbocycles.